The summed E-state index contributed by atoms with van der Waals surface area (Å²) in [5, 5.41) is 27.5. The number of epoxide rings is 1. The van der Waals surface area contributed by atoms with Crippen molar-refractivity contribution in [3.05, 3.63) is 0 Å². The van der Waals surface area contributed by atoms with Gasteiger partial charge in [-0.15, -0.1) is 0 Å². The molecule has 5 heteroatoms. The average molecular weight is 161 g/mol. The predicted octanol–water partition coefficient (Wildman–Crippen LogP) is -2.82. The normalized spacial score (nSPS) is 62.2. The summed E-state index contributed by atoms with van der Waals surface area (Å²) in [6.45, 7) is 0. The first-order valence-corrected chi connectivity index (χ1v) is 3.58. The van der Waals surface area contributed by atoms with E-state index >= 15 is 0 Å². The Morgan fingerprint density at radius 3 is 2.18 bits per heavy atom. The second kappa shape index (κ2) is 2.15. The second-order valence-electron chi connectivity index (χ2n) is 3.11. The van der Waals surface area contributed by atoms with Crippen LogP contribution in [0.5, 0.6) is 0 Å². The molecule has 1 saturated heterocycles. The first-order chi connectivity index (χ1) is 5.13. The van der Waals surface area contributed by atoms with Crippen LogP contribution in [-0.4, -0.2) is 51.9 Å². The molecule has 1 heterocycles. The molecule has 0 spiro atoms. The Bertz CT molecular complexity index is 158. The third-order valence-corrected chi connectivity index (χ3v) is 2.37. The van der Waals surface area contributed by atoms with Crippen LogP contribution < -0.4 is 5.73 Å². The van der Waals surface area contributed by atoms with E-state index in [1.807, 2.05) is 0 Å². The Balaban J connectivity index is 2.13. The summed E-state index contributed by atoms with van der Waals surface area (Å²) < 4.78 is 4.95. The minimum atomic E-state index is -1.17. The van der Waals surface area contributed by atoms with Gasteiger partial charge in [0.05, 0.1) is 6.04 Å². The van der Waals surface area contributed by atoms with Crippen LogP contribution in [0.3, 0.4) is 0 Å². The number of aliphatic hydroxyl groups is 3. The molecule has 0 radical (unpaired) electrons. The molecule has 64 valence electrons. The van der Waals surface area contributed by atoms with Crippen molar-refractivity contribution in [1.29, 1.82) is 0 Å². The quantitative estimate of drug-likeness (QED) is 0.287. The van der Waals surface area contributed by atoms with Gasteiger partial charge in [-0.2, -0.15) is 0 Å². The highest BCUT2D eigenvalue weighted by molar-refractivity contribution is 5.09. The molecule has 0 aromatic carbocycles. The van der Waals surface area contributed by atoms with Crippen molar-refractivity contribution in [2.75, 3.05) is 0 Å². The molecule has 1 aliphatic heterocycles. The lowest BCUT2D eigenvalue weighted by Crippen LogP contribution is -2.57. The Hall–Kier alpha value is -0.200. The molecule has 0 aromatic heterocycles. The van der Waals surface area contributed by atoms with Crippen LogP contribution in [0.4, 0.5) is 0 Å². The van der Waals surface area contributed by atoms with E-state index in [2.05, 4.69) is 0 Å². The average Bonchev–Trinajstić information content (AvgIpc) is 2.76. The Labute approximate surface area is 63.4 Å². The Kier molecular flexibility index (Phi) is 1.45. The molecule has 6 atom stereocenters. The molecule has 1 aliphatic carbocycles. The Morgan fingerprint density at radius 1 is 0.909 bits per heavy atom. The summed E-state index contributed by atoms with van der Waals surface area (Å²) in [7, 11) is 0. The second-order valence-corrected chi connectivity index (χ2v) is 3.11. The third-order valence-electron chi connectivity index (χ3n) is 2.37. The van der Waals surface area contributed by atoms with Crippen molar-refractivity contribution in [2.45, 2.75) is 36.6 Å². The van der Waals surface area contributed by atoms with E-state index in [0.717, 1.165) is 0 Å². The van der Waals surface area contributed by atoms with Gasteiger partial charge >= 0.3 is 0 Å². The van der Waals surface area contributed by atoms with Crippen LogP contribution in [0.1, 0.15) is 0 Å². The minimum absolute atomic E-state index is 0.275. The molecule has 5 N–H and O–H groups in total. The smallest absolute Gasteiger partial charge is 0.114 e. The highest BCUT2D eigenvalue weighted by Gasteiger charge is 2.58. The summed E-state index contributed by atoms with van der Waals surface area (Å²) in [4.78, 5) is 0. The number of aliphatic hydroxyl groups excluding tert-OH is 3. The Morgan fingerprint density at radius 2 is 1.55 bits per heavy atom. The molecular formula is C6H11NO4. The first kappa shape index (κ1) is 7.45. The highest BCUT2D eigenvalue weighted by atomic mass is 16.6. The largest absolute Gasteiger partial charge is 0.389 e. The monoisotopic (exact) mass is 161 g/mol. The molecule has 0 bridgehead atoms. The first-order valence-electron chi connectivity index (χ1n) is 3.58. The van der Waals surface area contributed by atoms with Gasteiger partial charge in [0.25, 0.3) is 0 Å². The van der Waals surface area contributed by atoms with Crippen molar-refractivity contribution in [3.8, 4) is 0 Å². The zero-order valence-corrected chi connectivity index (χ0v) is 5.79. The number of ether oxygens (including phenoxy) is 1. The van der Waals surface area contributed by atoms with Crippen LogP contribution >= 0.6 is 0 Å². The lowest BCUT2D eigenvalue weighted by molar-refractivity contribution is -0.0825. The van der Waals surface area contributed by atoms with E-state index in [1.165, 1.54) is 0 Å². The topological polar surface area (TPSA) is 99.2 Å². The van der Waals surface area contributed by atoms with Gasteiger partial charge in [0, 0.05) is 0 Å². The molecule has 11 heavy (non-hydrogen) atoms. The van der Waals surface area contributed by atoms with E-state index in [1.54, 1.807) is 0 Å². The molecule has 0 amide bonds. The van der Waals surface area contributed by atoms with Crippen molar-refractivity contribution in [3.63, 3.8) is 0 Å². The van der Waals surface area contributed by atoms with Crippen LogP contribution in [0.25, 0.3) is 0 Å². The fourth-order valence-electron chi connectivity index (χ4n) is 1.54. The molecule has 0 aromatic rings. The van der Waals surface area contributed by atoms with E-state index in [-0.39, 0.29) is 12.2 Å². The van der Waals surface area contributed by atoms with Crippen molar-refractivity contribution in [2.24, 2.45) is 5.73 Å². The fourth-order valence-corrected chi connectivity index (χ4v) is 1.54. The van der Waals surface area contributed by atoms with E-state index in [4.69, 9.17) is 15.6 Å². The van der Waals surface area contributed by atoms with Crippen molar-refractivity contribution < 1.29 is 20.1 Å². The number of hydrogen-bond acceptors (Lipinski definition) is 5. The molecular weight excluding hydrogens is 150 g/mol. The predicted molar refractivity (Wildman–Crippen MR) is 34.7 cm³/mol. The maximum Gasteiger partial charge on any atom is 0.114 e. The third kappa shape index (κ3) is 0.896. The minimum Gasteiger partial charge on any atom is -0.389 e. The molecule has 2 aliphatic rings. The molecule has 2 rings (SSSR count). The van der Waals surface area contributed by atoms with Gasteiger partial charge in [0.2, 0.25) is 0 Å². The van der Waals surface area contributed by atoms with Gasteiger partial charge in [-0.05, 0) is 0 Å². The van der Waals surface area contributed by atoms with Gasteiger partial charge in [-0.1, -0.05) is 0 Å². The number of hydrogen-bond donors (Lipinski definition) is 4. The molecule has 0 unspecified atom stereocenters. The summed E-state index contributed by atoms with van der Waals surface area (Å²) in [6, 6.07) is -0.571. The summed E-state index contributed by atoms with van der Waals surface area (Å²) in [5.74, 6) is 0. The van der Waals surface area contributed by atoms with E-state index < -0.39 is 24.4 Å². The molecule has 2 fully saturated rings. The highest BCUT2D eigenvalue weighted by Crippen LogP contribution is 2.36. The standard InChI is InChI=1S/C6H11NO4/c7-1-2(8)3(9)4(10)6-5(1)11-6/h1-6,8-10H,7H2/t1-,2+,3-,4+,5-,6+/m0/s1. The van der Waals surface area contributed by atoms with Gasteiger partial charge in [0.1, 0.15) is 30.5 Å². The maximum absolute atomic E-state index is 9.20. The molecule has 5 nitrogen and oxygen atoms in total. The lowest BCUT2D eigenvalue weighted by atomic mass is 9.88. The maximum atomic E-state index is 9.20. The summed E-state index contributed by atoms with van der Waals surface area (Å²) in [5.41, 5.74) is 5.47. The van der Waals surface area contributed by atoms with Gasteiger partial charge in [0.15, 0.2) is 0 Å². The number of nitrogens with two attached hydrogens (primary N) is 1. The lowest BCUT2D eigenvalue weighted by Gasteiger charge is -2.29. The number of fused-ring (bicyclic) bond motifs is 1. The number of rotatable bonds is 0. The zero-order valence-electron chi connectivity index (χ0n) is 5.79. The summed E-state index contributed by atoms with van der Waals surface area (Å²) >= 11 is 0. The zero-order chi connectivity index (χ0) is 8.17. The SMILES string of the molecule is N[C@H]1[C@@H](O)[C@H](O)[C@@H](O)[C@H]2O[C@@H]12. The van der Waals surface area contributed by atoms with Crippen LogP contribution in [-0.2, 0) is 4.74 Å². The van der Waals surface area contributed by atoms with Crippen LogP contribution in [0.2, 0.25) is 0 Å². The van der Waals surface area contributed by atoms with Crippen molar-refractivity contribution >= 4 is 0 Å². The van der Waals surface area contributed by atoms with Crippen LogP contribution in [0.15, 0.2) is 0 Å². The van der Waals surface area contributed by atoms with E-state index in [0.29, 0.717) is 0 Å². The van der Waals surface area contributed by atoms with Gasteiger partial charge in [-0.3, -0.25) is 0 Å². The summed E-state index contributed by atoms with van der Waals surface area (Å²) in [6.07, 6.45) is -3.89. The molecule has 1 saturated carbocycles. The van der Waals surface area contributed by atoms with Crippen molar-refractivity contribution in [1.82, 2.24) is 0 Å². The van der Waals surface area contributed by atoms with Gasteiger partial charge < -0.3 is 25.8 Å². The van der Waals surface area contributed by atoms with Gasteiger partial charge in [-0.25, -0.2) is 0 Å². The van der Waals surface area contributed by atoms with Crippen LogP contribution in [0, 0.1) is 0 Å². The van der Waals surface area contributed by atoms with E-state index in [9.17, 15) is 10.2 Å². The fraction of sp³-hybridized carbons (Fsp3) is 1.00.